The first-order valence-electron chi connectivity index (χ1n) is 17.1. The molecule has 4 heteroatoms. The second kappa shape index (κ2) is 11.0. The molecular formula is C46H32N4. The largest absolute Gasteiger partial charge is 0.296 e. The third-order valence-corrected chi connectivity index (χ3v) is 10.2. The van der Waals surface area contributed by atoms with Crippen molar-refractivity contribution in [1.29, 1.82) is 0 Å². The van der Waals surface area contributed by atoms with E-state index in [4.69, 9.17) is 9.97 Å². The number of aromatic nitrogens is 4. The molecule has 2 aromatic heterocycles. The molecule has 0 unspecified atom stereocenters. The van der Waals surface area contributed by atoms with Gasteiger partial charge in [-0.05, 0) is 100 Å². The van der Waals surface area contributed by atoms with E-state index in [2.05, 4.69) is 181 Å². The Morgan fingerprint density at radius 1 is 0.400 bits per heavy atom. The molecule has 0 saturated heterocycles. The molecule has 0 bridgehead atoms. The van der Waals surface area contributed by atoms with Crippen molar-refractivity contribution in [3.8, 4) is 33.6 Å². The van der Waals surface area contributed by atoms with Crippen molar-refractivity contribution in [2.45, 2.75) is 13.8 Å². The van der Waals surface area contributed by atoms with Gasteiger partial charge in [0, 0.05) is 10.8 Å². The highest BCUT2D eigenvalue weighted by atomic mass is 15.1. The SMILES string of the molecule is Cc1nc2ccccc2n1-c1cccc2c(-c3ccc4ccccc4c3-c3ccccc3)c3cccc(-n4c(C)nc5ccccc54)c3cc12. The van der Waals surface area contributed by atoms with Crippen LogP contribution in [0, 0.1) is 13.8 Å². The van der Waals surface area contributed by atoms with Gasteiger partial charge in [-0.25, -0.2) is 9.97 Å². The molecular weight excluding hydrogens is 609 g/mol. The predicted molar refractivity (Wildman–Crippen MR) is 209 cm³/mol. The Labute approximate surface area is 289 Å². The van der Waals surface area contributed by atoms with E-state index in [1.54, 1.807) is 0 Å². The summed E-state index contributed by atoms with van der Waals surface area (Å²) < 4.78 is 4.62. The van der Waals surface area contributed by atoms with Gasteiger partial charge in [0.05, 0.1) is 33.4 Å². The minimum Gasteiger partial charge on any atom is -0.296 e. The lowest BCUT2D eigenvalue weighted by molar-refractivity contribution is 1.01. The van der Waals surface area contributed by atoms with E-state index < -0.39 is 0 Å². The Bertz CT molecular complexity index is 2810. The van der Waals surface area contributed by atoms with Crippen LogP contribution in [0.3, 0.4) is 0 Å². The zero-order valence-corrected chi connectivity index (χ0v) is 27.8. The molecule has 50 heavy (non-hydrogen) atoms. The molecule has 0 spiro atoms. The maximum absolute atomic E-state index is 4.98. The average molecular weight is 641 g/mol. The summed E-state index contributed by atoms with van der Waals surface area (Å²) in [4.78, 5) is 9.96. The molecule has 10 aromatic rings. The number of aryl methyl sites for hydroxylation is 2. The quantitative estimate of drug-likeness (QED) is 0.179. The van der Waals surface area contributed by atoms with Crippen LogP contribution in [-0.4, -0.2) is 19.1 Å². The lowest BCUT2D eigenvalue weighted by Gasteiger charge is -2.21. The number of benzene rings is 8. The molecule has 0 amide bonds. The van der Waals surface area contributed by atoms with Crippen LogP contribution in [0.5, 0.6) is 0 Å². The highest BCUT2D eigenvalue weighted by molar-refractivity contribution is 6.20. The van der Waals surface area contributed by atoms with Crippen LogP contribution in [0.2, 0.25) is 0 Å². The second-order valence-electron chi connectivity index (χ2n) is 13.0. The van der Waals surface area contributed by atoms with Crippen molar-refractivity contribution in [3.63, 3.8) is 0 Å². The van der Waals surface area contributed by atoms with Gasteiger partial charge in [0.1, 0.15) is 11.6 Å². The van der Waals surface area contributed by atoms with Crippen LogP contribution >= 0.6 is 0 Å². The molecule has 0 fully saturated rings. The number of nitrogens with zero attached hydrogens (tertiary/aromatic N) is 4. The van der Waals surface area contributed by atoms with E-state index in [1.165, 1.54) is 54.6 Å². The molecule has 236 valence electrons. The molecule has 0 radical (unpaired) electrons. The van der Waals surface area contributed by atoms with Gasteiger partial charge in [0.2, 0.25) is 0 Å². The number of imidazole rings is 2. The fraction of sp³-hybridized carbons (Fsp3) is 0.0435. The lowest BCUT2D eigenvalue weighted by Crippen LogP contribution is -2.01. The summed E-state index contributed by atoms with van der Waals surface area (Å²) in [6.45, 7) is 4.20. The standard InChI is InChI=1S/C46H32N4/c1-29-47-39-20-8-10-22-43(39)49(29)41-24-12-18-34-37(41)28-38-35(19-13-25-42(38)50-30(2)48-40-21-9-11-23-44(40)50)46(34)36-27-26-31-14-6-7-17-33(31)45(36)32-15-4-3-5-16-32/h3-28H,1-2H3. The summed E-state index contributed by atoms with van der Waals surface area (Å²) in [6.07, 6.45) is 0. The molecule has 2 heterocycles. The molecule has 0 saturated carbocycles. The molecule has 8 aromatic carbocycles. The normalized spacial score (nSPS) is 11.8. The van der Waals surface area contributed by atoms with Crippen LogP contribution in [0.25, 0.3) is 88.0 Å². The van der Waals surface area contributed by atoms with Crippen LogP contribution < -0.4 is 0 Å². The first-order valence-corrected chi connectivity index (χ1v) is 17.1. The predicted octanol–water partition coefficient (Wildman–Crippen LogP) is 11.8. The third kappa shape index (κ3) is 4.18. The average Bonchev–Trinajstić information content (AvgIpc) is 3.68. The minimum atomic E-state index is 0.959. The summed E-state index contributed by atoms with van der Waals surface area (Å²) in [6, 6.07) is 56.8. The van der Waals surface area contributed by atoms with Gasteiger partial charge in [0.25, 0.3) is 0 Å². The number of hydrogen-bond donors (Lipinski definition) is 0. The smallest absolute Gasteiger partial charge is 0.111 e. The summed E-state index contributed by atoms with van der Waals surface area (Å²) in [5.74, 6) is 1.92. The molecule has 0 N–H and O–H groups in total. The topological polar surface area (TPSA) is 35.6 Å². The van der Waals surface area contributed by atoms with Gasteiger partial charge in [-0.2, -0.15) is 0 Å². The van der Waals surface area contributed by atoms with E-state index in [0.29, 0.717) is 0 Å². The van der Waals surface area contributed by atoms with Crippen molar-refractivity contribution < 1.29 is 0 Å². The van der Waals surface area contributed by atoms with Gasteiger partial charge in [-0.15, -0.1) is 0 Å². The zero-order valence-electron chi connectivity index (χ0n) is 27.8. The Morgan fingerprint density at radius 3 is 1.54 bits per heavy atom. The van der Waals surface area contributed by atoms with Crippen LogP contribution in [-0.2, 0) is 0 Å². The highest BCUT2D eigenvalue weighted by Gasteiger charge is 2.22. The van der Waals surface area contributed by atoms with Crippen molar-refractivity contribution in [1.82, 2.24) is 19.1 Å². The number of hydrogen-bond acceptors (Lipinski definition) is 2. The van der Waals surface area contributed by atoms with Crippen molar-refractivity contribution in [2.24, 2.45) is 0 Å². The van der Waals surface area contributed by atoms with Gasteiger partial charge < -0.3 is 0 Å². The van der Waals surface area contributed by atoms with Crippen molar-refractivity contribution in [3.05, 3.63) is 169 Å². The fourth-order valence-electron chi connectivity index (χ4n) is 8.11. The Kier molecular flexibility index (Phi) is 6.27. The van der Waals surface area contributed by atoms with Gasteiger partial charge in [-0.3, -0.25) is 9.13 Å². The Hall–Kier alpha value is -6.52. The van der Waals surface area contributed by atoms with Crippen LogP contribution in [0.15, 0.2) is 158 Å². The summed E-state index contributed by atoms with van der Waals surface area (Å²) >= 11 is 0. The van der Waals surface area contributed by atoms with Gasteiger partial charge >= 0.3 is 0 Å². The van der Waals surface area contributed by atoms with Crippen LogP contribution in [0.1, 0.15) is 11.6 Å². The third-order valence-electron chi connectivity index (χ3n) is 10.2. The number of para-hydroxylation sites is 4. The van der Waals surface area contributed by atoms with E-state index in [1.807, 2.05) is 0 Å². The van der Waals surface area contributed by atoms with E-state index >= 15 is 0 Å². The maximum Gasteiger partial charge on any atom is 0.111 e. The second-order valence-corrected chi connectivity index (χ2v) is 13.0. The summed E-state index contributed by atoms with van der Waals surface area (Å²) in [5.41, 5.74) is 11.3. The number of rotatable bonds is 4. The van der Waals surface area contributed by atoms with Crippen molar-refractivity contribution >= 4 is 54.4 Å². The number of fused-ring (bicyclic) bond motifs is 5. The lowest BCUT2D eigenvalue weighted by atomic mass is 9.84. The van der Waals surface area contributed by atoms with Gasteiger partial charge in [0.15, 0.2) is 0 Å². The molecule has 0 atom stereocenters. The summed E-state index contributed by atoms with van der Waals surface area (Å²) in [5, 5.41) is 7.20. The molecule has 4 nitrogen and oxygen atoms in total. The first kappa shape index (κ1) is 28.5. The fourth-order valence-corrected chi connectivity index (χ4v) is 8.11. The van der Waals surface area contributed by atoms with E-state index in [0.717, 1.165) is 45.1 Å². The maximum atomic E-state index is 4.98. The van der Waals surface area contributed by atoms with Gasteiger partial charge in [-0.1, -0.05) is 115 Å². The summed E-state index contributed by atoms with van der Waals surface area (Å²) in [7, 11) is 0. The first-order chi connectivity index (χ1) is 24.7. The van der Waals surface area contributed by atoms with E-state index in [9.17, 15) is 0 Å². The molecule has 10 rings (SSSR count). The molecule has 0 aliphatic rings. The highest BCUT2D eigenvalue weighted by Crippen LogP contribution is 2.46. The Balaban J connectivity index is 1.41. The van der Waals surface area contributed by atoms with E-state index in [-0.39, 0.29) is 0 Å². The molecule has 0 aliphatic heterocycles. The minimum absolute atomic E-state index is 0.959. The molecule has 0 aliphatic carbocycles. The van der Waals surface area contributed by atoms with Crippen molar-refractivity contribution in [2.75, 3.05) is 0 Å². The van der Waals surface area contributed by atoms with Crippen LogP contribution in [0.4, 0.5) is 0 Å². The monoisotopic (exact) mass is 640 g/mol. The Morgan fingerprint density at radius 2 is 0.920 bits per heavy atom. The zero-order chi connectivity index (χ0) is 33.3.